The first kappa shape index (κ1) is 21.1. The normalized spacial score (nSPS) is 15.9. The number of nitrogens with zero attached hydrogens (tertiary/aromatic N) is 1. The summed E-state index contributed by atoms with van der Waals surface area (Å²) in [6, 6.07) is 12.6. The van der Waals surface area contributed by atoms with Crippen molar-refractivity contribution in [2.45, 2.75) is 25.4 Å². The number of halogens is 1. The molecule has 0 saturated heterocycles. The Bertz CT molecular complexity index is 1090. The first-order chi connectivity index (χ1) is 14.6. The number of carbonyl (C=O) groups is 1. The van der Waals surface area contributed by atoms with E-state index in [9.17, 15) is 9.90 Å². The van der Waals surface area contributed by atoms with E-state index in [1.807, 2.05) is 18.2 Å². The summed E-state index contributed by atoms with van der Waals surface area (Å²) in [4.78, 5) is 13.7. The van der Waals surface area contributed by atoms with Gasteiger partial charge < -0.3 is 9.84 Å². The van der Waals surface area contributed by atoms with E-state index in [2.05, 4.69) is 33.2 Å². The van der Waals surface area contributed by atoms with Gasteiger partial charge in [-0.05, 0) is 70.1 Å². The summed E-state index contributed by atoms with van der Waals surface area (Å²) in [6.45, 7) is 1.51. The van der Waals surface area contributed by atoms with Gasteiger partial charge in [-0.15, -0.1) is 11.3 Å². The largest absolute Gasteiger partial charge is 0.466 e. The van der Waals surface area contributed by atoms with E-state index >= 15 is 0 Å². The maximum Gasteiger partial charge on any atom is 0.330 e. The molecule has 0 saturated carbocycles. The van der Waals surface area contributed by atoms with Crippen LogP contribution in [-0.2, 0) is 22.5 Å². The molecule has 2 aromatic carbocycles. The molecule has 156 valence electrons. The van der Waals surface area contributed by atoms with Crippen molar-refractivity contribution in [3.05, 3.63) is 75.1 Å². The summed E-state index contributed by atoms with van der Waals surface area (Å²) >= 11 is 7.95. The third-order valence-corrected chi connectivity index (χ3v) is 6.89. The predicted octanol–water partition coefficient (Wildman–Crippen LogP) is 5.22. The van der Waals surface area contributed by atoms with Gasteiger partial charge in [0.1, 0.15) is 0 Å². The highest BCUT2D eigenvalue weighted by atomic mass is 35.5. The van der Waals surface area contributed by atoms with Gasteiger partial charge in [-0.1, -0.05) is 29.8 Å². The molecule has 4 nitrogen and oxygen atoms in total. The van der Waals surface area contributed by atoms with Gasteiger partial charge in [-0.2, -0.15) is 0 Å². The van der Waals surface area contributed by atoms with Crippen LogP contribution >= 0.6 is 22.9 Å². The highest BCUT2D eigenvalue weighted by Gasteiger charge is 2.28. The van der Waals surface area contributed by atoms with Gasteiger partial charge in [-0.25, -0.2) is 4.79 Å². The van der Waals surface area contributed by atoms with Gasteiger partial charge in [0.15, 0.2) is 0 Å². The molecule has 1 heterocycles. The van der Waals surface area contributed by atoms with E-state index < -0.39 is 0 Å². The van der Waals surface area contributed by atoms with Gasteiger partial charge in [0.2, 0.25) is 0 Å². The Morgan fingerprint density at radius 1 is 1.33 bits per heavy atom. The number of aryl methyl sites for hydroxylation is 1. The van der Waals surface area contributed by atoms with E-state index in [-0.39, 0.29) is 18.6 Å². The number of aliphatic hydroxyl groups is 1. The minimum atomic E-state index is -0.356. The van der Waals surface area contributed by atoms with E-state index in [1.165, 1.54) is 40.0 Å². The lowest BCUT2D eigenvalue weighted by molar-refractivity contribution is -0.134. The molecule has 0 amide bonds. The van der Waals surface area contributed by atoms with Gasteiger partial charge in [0.25, 0.3) is 0 Å². The molecule has 0 radical (unpaired) electrons. The highest BCUT2D eigenvalue weighted by Crippen LogP contribution is 2.38. The zero-order chi connectivity index (χ0) is 21.1. The molecule has 30 heavy (non-hydrogen) atoms. The average Bonchev–Trinajstić information content (AvgIpc) is 3.35. The smallest absolute Gasteiger partial charge is 0.330 e. The zero-order valence-electron chi connectivity index (χ0n) is 16.8. The number of thiophene rings is 1. The third kappa shape index (κ3) is 4.44. The number of rotatable bonds is 7. The Labute approximate surface area is 185 Å². The number of ether oxygens (including phenoxy) is 1. The molecule has 0 bridgehead atoms. The summed E-state index contributed by atoms with van der Waals surface area (Å²) in [6.07, 6.45) is 5.23. The van der Waals surface area contributed by atoms with E-state index in [0.29, 0.717) is 6.54 Å². The summed E-state index contributed by atoms with van der Waals surface area (Å²) in [5.74, 6) is -0.356. The molecule has 0 spiro atoms. The molecule has 4 rings (SSSR count). The van der Waals surface area contributed by atoms with E-state index in [4.69, 9.17) is 11.6 Å². The van der Waals surface area contributed by atoms with Gasteiger partial charge >= 0.3 is 5.97 Å². The number of hydrogen-bond acceptors (Lipinski definition) is 5. The Hall–Kier alpha value is -2.18. The second-order valence-corrected chi connectivity index (χ2v) is 8.81. The molecule has 0 aliphatic heterocycles. The standard InChI is InChI=1S/C24H24ClNO3S/c1-29-24(28)9-3-16-2-6-20-17(12-16)4-7-22(20)26(10-11-27)14-18-15-30-23-8-5-19(25)13-21(18)23/h2-3,5-6,8-9,12-13,15,22,27H,4,7,10-11,14H2,1H3. The molecule has 6 heteroatoms. The number of hydrogen-bond donors (Lipinski definition) is 1. The van der Waals surface area contributed by atoms with Crippen molar-refractivity contribution in [3.8, 4) is 0 Å². The van der Waals surface area contributed by atoms with Crippen LogP contribution in [0.3, 0.4) is 0 Å². The minimum absolute atomic E-state index is 0.120. The summed E-state index contributed by atoms with van der Waals surface area (Å²) < 4.78 is 5.89. The maximum atomic E-state index is 11.4. The molecule has 3 aromatic rings. The molecule has 1 atom stereocenters. The molecule has 1 aliphatic carbocycles. The third-order valence-electron chi connectivity index (χ3n) is 5.64. The summed E-state index contributed by atoms with van der Waals surface area (Å²) in [7, 11) is 1.38. The molecule has 0 fully saturated rings. The van der Waals surface area contributed by atoms with Crippen LogP contribution in [0.1, 0.15) is 34.7 Å². The highest BCUT2D eigenvalue weighted by molar-refractivity contribution is 7.17. The number of benzene rings is 2. The first-order valence-corrected chi connectivity index (χ1v) is 11.2. The molecular formula is C24H24ClNO3S. The Morgan fingerprint density at radius 2 is 2.20 bits per heavy atom. The average molecular weight is 442 g/mol. The molecule has 1 aliphatic rings. The summed E-state index contributed by atoms with van der Waals surface area (Å²) in [5.41, 5.74) is 4.84. The zero-order valence-corrected chi connectivity index (χ0v) is 18.4. The van der Waals surface area contributed by atoms with Crippen molar-refractivity contribution in [1.29, 1.82) is 0 Å². The molecular weight excluding hydrogens is 418 g/mol. The fourth-order valence-electron chi connectivity index (χ4n) is 4.20. The fraction of sp³-hybridized carbons (Fsp3) is 0.292. The van der Waals surface area contributed by atoms with Crippen molar-refractivity contribution >= 4 is 45.1 Å². The van der Waals surface area contributed by atoms with Crippen molar-refractivity contribution < 1.29 is 14.6 Å². The SMILES string of the molecule is COC(=O)C=Cc1ccc2c(c1)CCC2N(CCO)Cc1csc2ccc(Cl)cc12. The molecule has 1 aromatic heterocycles. The molecule has 1 N–H and O–H groups in total. The van der Waals surface area contributed by atoms with Crippen LogP contribution in [0.2, 0.25) is 5.02 Å². The van der Waals surface area contributed by atoms with E-state index in [1.54, 1.807) is 17.4 Å². The number of aliphatic hydroxyl groups excluding tert-OH is 1. The Kier molecular flexibility index (Phi) is 6.54. The van der Waals surface area contributed by atoms with Gasteiger partial charge in [-0.3, -0.25) is 4.90 Å². The number of esters is 1. The Morgan fingerprint density at radius 3 is 3.00 bits per heavy atom. The van der Waals surface area contributed by atoms with Crippen molar-refractivity contribution in [3.63, 3.8) is 0 Å². The van der Waals surface area contributed by atoms with Gasteiger partial charge in [0, 0.05) is 34.9 Å². The van der Waals surface area contributed by atoms with Crippen molar-refractivity contribution in [2.75, 3.05) is 20.3 Å². The Balaban J connectivity index is 1.58. The van der Waals surface area contributed by atoms with Crippen LogP contribution in [0.15, 0.2) is 47.9 Å². The number of methoxy groups -OCH3 is 1. The lowest BCUT2D eigenvalue weighted by atomic mass is 10.0. The fourth-order valence-corrected chi connectivity index (χ4v) is 5.31. The van der Waals surface area contributed by atoms with E-state index in [0.717, 1.165) is 30.0 Å². The van der Waals surface area contributed by atoms with Crippen LogP contribution in [0.25, 0.3) is 16.2 Å². The monoisotopic (exact) mass is 441 g/mol. The minimum Gasteiger partial charge on any atom is -0.466 e. The quantitative estimate of drug-likeness (QED) is 0.403. The second kappa shape index (κ2) is 9.31. The van der Waals surface area contributed by atoms with Crippen molar-refractivity contribution in [1.82, 2.24) is 4.90 Å². The number of fused-ring (bicyclic) bond motifs is 2. The first-order valence-electron chi connectivity index (χ1n) is 9.98. The van der Waals surface area contributed by atoms with Crippen LogP contribution in [-0.4, -0.2) is 36.2 Å². The second-order valence-electron chi connectivity index (χ2n) is 7.46. The van der Waals surface area contributed by atoms with Crippen LogP contribution < -0.4 is 0 Å². The van der Waals surface area contributed by atoms with Gasteiger partial charge in [0.05, 0.1) is 13.7 Å². The van der Waals surface area contributed by atoms with Crippen LogP contribution in [0, 0.1) is 0 Å². The topological polar surface area (TPSA) is 49.8 Å². The number of carbonyl (C=O) groups excluding carboxylic acids is 1. The van der Waals surface area contributed by atoms with Crippen molar-refractivity contribution in [2.24, 2.45) is 0 Å². The van der Waals surface area contributed by atoms with Crippen LogP contribution in [0.5, 0.6) is 0 Å². The maximum absolute atomic E-state index is 11.4. The lowest BCUT2D eigenvalue weighted by Gasteiger charge is -2.29. The van der Waals surface area contributed by atoms with Crippen LogP contribution in [0.4, 0.5) is 0 Å². The predicted molar refractivity (Wildman–Crippen MR) is 123 cm³/mol. The lowest BCUT2D eigenvalue weighted by Crippen LogP contribution is -2.30. The molecule has 1 unspecified atom stereocenters. The summed E-state index contributed by atoms with van der Waals surface area (Å²) in [5, 5.41) is 13.8.